The molecule has 1 rings (SSSR count). The van der Waals surface area contributed by atoms with Crippen LogP contribution in [-0.4, -0.2) is 18.4 Å². The second kappa shape index (κ2) is 10.8. The standard InChI is InChI=1S/C15H24BrN/c16-12-6-1-2-7-13-17-14-8-11-15-9-4-3-5-10-15/h3-5,9-10,17H,1-2,6-8,11-14H2. The van der Waals surface area contributed by atoms with Crippen molar-refractivity contribution in [3.63, 3.8) is 0 Å². The fourth-order valence-electron chi connectivity index (χ4n) is 1.89. The van der Waals surface area contributed by atoms with E-state index in [1.165, 1.54) is 50.6 Å². The quantitative estimate of drug-likeness (QED) is 0.505. The van der Waals surface area contributed by atoms with Crippen molar-refractivity contribution in [2.45, 2.75) is 38.5 Å². The topological polar surface area (TPSA) is 12.0 Å². The van der Waals surface area contributed by atoms with Gasteiger partial charge in [-0.25, -0.2) is 0 Å². The first-order valence-corrected chi connectivity index (χ1v) is 7.86. The number of hydrogen-bond donors (Lipinski definition) is 1. The Kier molecular flexibility index (Phi) is 9.34. The van der Waals surface area contributed by atoms with E-state index in [1.807, 2.05) is 0 Å². The van der Waals surface area contributed by atoms with Crippen LogP contribution in [0.15, 0.2) is 30.3 Å². The average Bonchev–Trinajstić information content (AvgIpc) is 2.38. The highest BCUT2D eigenvalue weighted by atomic mass is 79.9. The minimum atomic E-state index is 1.15. The van der Waals surface area contributed by atoms with E-state index in [-0.39, 0.29) is 0 Å². The second-order valence-electron chi connectivity index (χ2n) is 4.44. The highest BCUT2D eigenvalue weighted by Crippen LogP contribution is 2.02. The number of alkyl halides is 1. The van der Waals surface area contributed by atoms with Gasteiger partial charge in [0.15, 0.2) is 0 Å². The van der Waals surface area contributed by atoms with Crippen molar-refractivity contribution in [3.05, 3.63) is 35.9 Å². The van der Waals surface area contributed by atoms with Crippen LogP contribution in [0.1, 0.15) is 37.7 Å². The van der Waals surface area contributed by atoms with Crippen molar-refractivity contribution in [1.29, 1.82) is 0 Å². The highest BCUT2D eigenvalue weighted by molar-refractivity contribution is 9.09. The predicted octanol–water partition coefficient (Wildman–Crippen LogP) is 4.16. The SMILES string of the molecule is BrCCCCCCNCCCc1ccccc1. The van der Waals surface area contributed by atoms with Crippen molar-refractivity contribution in [2.24, 2.45) is 0 Å². The van der Waals surface area contributed by atoms with Gasteiger partial charge in [-0.15, -0.1) is 0 Å². The number of benzene rings is 1. The summed E-state index contributed by atoms with van der Waals surface area (Å²) in [6, 6.07) is 10.7. The Morgan fingerprint density at radius 2 is 1.53 bits per heavy atom. The molecule has 0 unspecified atom stereocenters. The van der Waals surface area contributed by atoms with Crippen molar-refractivity contribution in [3.8, 4) is 0 Å². The number of nitrogens with one attached hydrogen (secondary N) is 1. The maximum absolute atomic E-state index is 3.52. The lowest BCUT2D eigenvalue weighted by atomic mass is 10.1. The van der Waals surface area contributed by atoms with Crippen LogP contribution in [-0.2, 0) is 6.42 Å². The van der Waals surface area contributed by atoms with Gasteiger partial charge in [-0.05, 0) is 44.3 Å². The summed E-state index contributed by atoms with van der Waals surface area (Å²) in [6.07, 6.45) is 7.78. The zero-order valence-electron chi connectivity index (χ0n) is 10.6. The molecule has 0 saturated heterocycles. The third-order valence-electron chi connectivity index (χ3n) is 2.90. The molecule has 0 saturated carbocycles. The number of hydrogen-bond acceptors (Lipinski definition) is 1. The van der Waals surface area contributed by atoms with E-state index in [0.717, 1.165) is 11.9 Å². The van der Waals surface area contributed by atoms with E-state index in [9.17, 15) is 0 Å². The van der Waals surface area contributed by atoms with E-state index >= 15 is 0 Å². The summed E-state index contributed by atoms with van der Waals surface area (Å²) in [7, 11) is 0. The molecule has 0 spiro atoms. The molecule has 0 atom stereocenters. The fourth-order valence-corrected chi connectivity index (χ4v) is 2.28. The molecule has 0 heterocycles. The Bertz CT molecular complexity index is 261. The zero-order chi connectivity index (χ0) is 12.2. The van der Waals surface area contributed by atoms with Gasteiger partial charge in [0.25, 0.3) is 0 Å². The normalized spacial score (nSPS) is 10.6. The number of unbranched alkanes of at least 4 members (excludes halogenated alkanes) is 3. The summed E-state index contributed by atoms with van der Waals surface area (Å²) in [4.78, 5) is 0. The Balaban J connectivity index is 1.85. The first kappa shape index (κ1) is 14.7. The minimum Gasteiger partial charge on any atom is -0.317 e. The van der Waals surface area contributed by atoms with Crippen LogP contribution in [0.5, 0.6) is 0 Å². The smallest absolute Gasteiger partial charge is 0.00313 e. The van der Waals surface area contributed by atoms with E-state index in [4.69, 9.17) is 0 Å². The molecule has 0 bridgehead atoms. The van der Waals surface area contributed by atoms with Crippen LogP contribution in [0.25, 0.3) is 0 Å². The Labute approximate surface area is 114 Å². The number of rotatable bonds is 10. The van der Waals surface area contributed by atoms with E-state index in [2.05, 4.69) is 51.6 Å². The van der Waals surface area contributed by atoms with Crippen molar-refractivity contribution in [2.75, 3.05) is 18.4 Å². The Morgan fingerprint density at radius 1 is 0.824 bits per heavy atom. The predicted molar refractivity (Wildman–Crippen MR) is 79.9 cm³/mol. The Morgan fingerprint density at radius 3 is 2.29 bits per heavy atom. The van der Waals surface area contributed by atoms with Crippen molar-refractivity contribution < 1.29 is 0 Å². The Hall–Kier alpha value is -0.340. The van der Waals surface area contributed by atoms with Crippen LogP contribution in [0.3, 0.4) is 0 Å². The summed E-state index contributed by atoms with van der Waals surface area (Å²) < 4.78 is 0. The van der Waals surface area contributed by atoms with Gasteiger partial charge in [0.2, 0.25) is 0 Å². The lowest BCUT2D eigenvalue weighted by Gasteiger charge is -2.04. The molecule has 0 amide bonds. The molecule has 17 heavy (non-hydrogen) atoms. The monoisotopic (exact) mass is 297 g/mol. The van der Waals surface area contributed by atoms with Gasteiger partial charge in [0.1, 0.15) is 0 Å². The molecule has 0 aliphatic rings. The summed E-state index contributed by atoms with van der Waals surface area (Å²) in [5.41, 5.74) is 1.45. The first-order valence-electron chi connectivity index (χ1n) is 6.74. The summed E-state index contributed by atoms with van der Waals surface area (Å²) in [5, 5.41) is 4.67. The van der Waals surface area contributed by atoms with Gasteiger partial charge in [0, 0.05) is 5.33 Å². The lowest BCUT2D eigenvalue weighted by molar-refractivity contribution is 0.587. The molecular weight excluding hydrogens is 274 g/mol. The van der Waals surface area contributed by atoms with Gasteiger partial charge in [0.05, 0.1) is 0 Å². The molecular formula is C15H24BrN. The van der Waals surface area contributed by atoms with Crippen LogP contribution < -0.4 is 5.32 Å². The lowest BCUT2D eigenvalue weighted by Crippen LogP contribution is -2.17. The average molecular weight is 298 g/mol. The van der Waals surface area contributed by atoms with Crippen molar-refractivity contribution >= 4 is 15.9 Å². The van der Waals surface area contributed by atoms with Crippen LogP contribution in [0, 0.1) is 0 Å². The molecule has 0 aliphatic carbocycles. The molecule has 0 aliphatic heterocycles. The third kappa shape index (κ3) is 8.39. The maximum Gasteiger partial charge on any atom is 0.00313 e. The summed E-state index contributed by atoms with van der Waals surface area (Å²) >= 11 is 3.46. The van der Waals surface area contributed by atoms with Gasteiger partial charge in [-0.2, -0.15) is 0 Å². The van der Waals surface area contributed by atoms with Gasteiger partial charge >= 0.3 is 0 Å². The van der Waals surface area contributed by atoms with Crippen molar-refractivity contribution in [1.82, 2.24) is 5.32 Å². The molecule has 0 radical (unpaired) electrons. The van der Waals surface area contributed by atoms with Gasteiger partial charge < -0.3 is 5.32 Å². The van der Waals surface area contributed by atoms with Gasteiger partial charge in [-0.3, -0.25) is 0 Å². The first-order chi connectivity index (χ1) is 8.43. The van der Waals surface area contributed by atoms with Gasteiger partial charge in [-0.1, -0.05) is 59.1 Å². The molecule has 96 valence electrons. The maximum atomic E-state index is 3.52. The van der Waals surface area contributed by atoms with Crippen LogP contribution >= 0.6 is 15.9 Å². The third-order valence-corrected chi connectivity index (χ3v) is 3.46. The molecule has 1 nitrogen and oxygen atoms in total. The highest BCUT2D eigenvalue weighted by Gasteiger charge is 1.92. The molecule has 0 aromatic heterocycles. The van der Waals surface area contributed by atoms with E-state index < -0.39 is 0 Å². The number of aryl methyl sites for hydroxylation is 1. The van der Waals surface area contributed by atoms with E-state index in [1.54, 1.807) is 0 Å². The molecule has 1 aromatic rings. The summed E-state index contributed by atoms with van der Waals surface area (Å²) in [6.45, 7) is 2.32. The molecule has 2 heteroatoms. The molecule has 1 N–H and O–H groups in total. The second-order valence-corrected chi connectivity index (χ2v) is 5.24. The molecule has 0 fully saturated rings. The zero-order valence-corrected chi connectivity index (χ0v) is 12.2. The fraction of sp³-hybridized carbons (Fsp3) is 0.600. The molecule has 1 aromatic carbocycles. The minimum absolute atomic E-state index is 1.15. The van der Waals surface area contributed by atoms with Crippen LogP contribution in [0.2, 0.25) is 0 Å². The summed E-state index contributed by atoms with van der Waals surface area (Å²) in [5.74, 6) is 0. The number of halogens is 1. The van der Waals surface area contributed by atoms with E-state index in [0.29, 0.717) is 0 Å². The van der Waals surface area contributed by atoms with Crippen LogP contribution in [0.4, 0.5) is 0 Å². The largest absolute Gasteiger partial charge is 0.317 e.